The zero-order valence-electron chi connectivity index (χ0n) is 15.1. The number of nitrogens with zero attached hydrogens (tertiary/aromatic N) is 1. The van der Waals surface area contributed by atoms with Crippen LogP contribution in [0.25, 0.3) is 0 Å². The van der Waals surface area contributed by atoms with E-state index in [0.717, 1.165) is 17.7 Å². The van der Waals surface area contributed by atoms with Gasteiger partial charge in [0.05, 0.1) is 11.4 Å². The lowest BCUT2D eigenvalue weighted by Gasteiger charge is -2.19. The number of aryl methyl sites for hydroxylation is 1. The summed E-state index contributed by atoms with van der Waals surface area (Å²) in [5.74, 6) is -0.983. The maximum Gasteiger partial charge on any atom is 0.433 e. The normalized spacial score (nSPS) is 12.3. The molecule has 9 heteroatoms. The maximum atomic E-state index is 12.7. The van der Waals surface area contributed by atoms with Crippen LogP contribution in [-0.2, 0) is 17.4 Å². The number of halogens is 3. The first-order chi connectivity index (χ1) is 13.1. The van der Waals surface area contributed by atoms with Crippen LogP contribution in [0.3, 0.4) is 0 Å². The van der Waals surface area contributed by atoms with Crippen molar-refractivity contribution in [2.24, 2.45) is 0 Å². The Hall–Kier alpha value is -3.10. The number of aromatic nitrogens is 1. The number of benzene rings is 1. The molecule has 0 aliphatic heterocycles. The minimum absolute atomic E-state index is 0.0233. The van der Waals surface area contributed by atoms with Gasteiger partial charge in [-0.05, 0) is 37.5 Å². The number of anilines is 1. The number of amides is 2. The summed E-state index contributed by atoms with van der Waals surface area (Å²) in [5, 5.41) is 14.0. The molecule has 0 saturated heterocycles. The van der Waals surface area contributed by atoms with Crippen molar-refractivity contribution in [2.75, 3.05) is 5.32 Å². The van der Waals surface area contributed by atoms with Crippen LogP contribution in [-0.4, -0.2) is 28.1 Å². The number of carbonyl (C=O) groups is 2. The first-order valence-corrected chi connectivity index (χ1v) is 8.53. The molecule has 1 unspecified atom stereocenters. The van der Waals surface area contributed by atoms with Crippen LogP contribution in [0.1, 0.15) is 29.8 Å². The van der Waals surface area contributed by atoms with Gasteiger partial charge in [0.1, 0.15) is 5.69 Å². The fraction of sp³-hybridized carbons (Fsp3) is 0.316. The van der Waals surface area contributed by atoms with Crippen LogP contribution >= 0.6 is 0 Å². The number of nitrogens with one attached hydrogen (secondary N) is 2. The van der Waals surface area contributed by atoms with E-state index in [-0.39, 0.29) is 24.2 Å². The molecule has 1 aromatic carbocycles. The number of carbonyl (C=O) groups excluding carboxylic acids is 1. The molecule has 0 saturated carbocycles. The summed E-state index contributed by atoms with van der Waals surface area (Å²) in [7, 11) is 0. The van der Waals surface area contributed by atoms with Gasteiger partial charge in [0.15, 0.2) is 0 Å². The Labute approximate surface area is 159 Å². The van der Waals surface area contributed by atoms with Crippen molar-refractivity contribution in [1.82, 2.24) is 10.3 Å². The molecule has 0 aliphatic carbocycles. The highest BCUT2D eigenvalue weighted by atomic mass is 19.4. The van der Waals surface area contributed by atoms with E-state index in [2.05, 4.69) is 15.6 Å². The summed E-state index contributed by atoms with van der Waals surface area (Å²) in [4.78, 5) is 26.6. The Balaban J connectivity index is 2.05. The molecule has 2 aromatic rings. The summed E-state index contributed by atoms with van der Waals surface area (Å²) in [6.07, 6.45) is -4.06. The molecular weight excluding hydrogens is 375 g/mol. The van der Waals surface area contributed by atoms with Crippen LogP contribution in [0.2, 0.25) is 0 Å². The van der Waals surface area contributed by atoms with Crippen molar-refractivity contribution in [3.63, 3.8) is 0 Å². The highest BCUT2D eigenvalue weighted by molar-refractivity contribution is 5.90. The number of aliphatic carboxylic acids is 1. The van der Waals surface area contributed by atoms with E-state index in [4.69, 9.17) is 5.11 Å². The third kappa shape index (κ3) is 6.57. The molecule has 0 bridgehead atoms. The first-order valence-electron chi connectivity index (χ1n) is 8.53. The second-order valence-corrected chi connectivity index (χ2v) is 6.24. The summed E-state index contributed by atoms with van der Waals surface area (Å²) >= 11 is 0. The maximum absolute atomic E-state index is 12.7. The van der Waals surface area contributed by atoms with E-state index < -0.39 is 29.9 Å². The number of carboxylic acid groups (broad SMARTS) is 1. The Morgan fingerprint density at radius 1 is 1.14 bits per heavy atom. The predicted octanol–water partition coefficient (Wildman–Crippen LogP) is 4.01. The third-order valence-corrected chi connectivity index (χ3v) is 3.99. The van der Waals surface area contributed by atoms with E-state index in [0.29, 0.717) is 6.42 Å². The highest BCUT2D eigenvalue weighted by Crippen LogP contribution is 2.29. The van der Waals surface area contributed by atoms with Gasteiger partial charge in [0, 0.05) is 12.5 Å². The van der Waals surface area contributed by atoms with E-state index in [1.807, 2.05) is 30.3 Å². The Bertz CT molecular complexity index is 826. The number of rotatable bonds is 7. The van der Waals surface area contributed by atoms with E-state index in [1.54, 1.807) is 0 Å². The van der Waals surface area contributed by atoms with Crippen LogP contribution in [0.4, 0.5) is 23.7 Å². The first kappa shape index (κ1) is 21.2. The molecule has 6 nitrogen and oxygen atoms in total. The summed E-state index contributed by atoms with van der Waals surface area (Å²) in [6, 6.07) is 10.0. The zero-order chi connectivity index (χ0) is 20.7. The molecule has 1 heterocycles. The van der Waals surface area contributed by atoms with Gasteiger partial charge in [-0.15, -0.1) is 0 Å². The number of carboxylic acids is 1. The molecule has 1 aromatic heterocycles. The van der Waals surface area contributed by atoms with Crippen molar-refractivity contribution in [1.29, 1.82) is 0 Å². The number of pyridine rings is 1. The molecule has 3 N–H and O–H groups in total. The van der Waals surface area contributed by atoms with Gasteiger partial charge < -0.3 is 15.7 Å². The molecule has 1 atom stereocenters. The van der Waals surface area contributed by atoms with Crippen LogP contribution in [0.15, 0.2) is 42.5 Å². The summed E-state index contributed by atoms with van der Waals surface area (Å²) < 4.78 is 38.0. The molecule has 0 spiro atoms. The molecule has 2 rings (SSSR count). The number of alkyl halides is 3. The van der Waals surface area contributed by atoms with Crippen LogP contribution in [0, 0.1) is 6.92 Å². The molecule has 0 aliphatic rings. The standard InChI is InChI=1S/C19H20F3N3O3/c1-12-15(8-9-16(23-12)19(20,21)22)25-18(28)24-14(7-10-17(26)27)11-13-5-3-2-4-6-13/h2-6,8-9,14H,7,10-11H2,1H3,(H,26,27)(H2,24,25,28). The van der Waals surface area contributed by atoms with E-state index in [9.17, 15) is 22.8 Å². The second-order valence-electron chi connectivity index (χ2n) is 6.24. The molecule has 2 amide bonds. The van der Waals surface area contributed by atoms with Gasteiger partial charge in [-0.1, -0.05) is 30.3 Å². The molecule has 28 heavy (non-hydrogen) atoms. The highest BCUT2D eigenvalue weighted by Gasteiger charge is 2.32. The predicted molar refractivity (Wildman–Crippen MR) is 96.9 cm³/mol. The van der Waals surface area contributed by atoms with Gasteiger partial charge in [0.2, 0.25) is 0 Å². The van der Waals surface area contributed by atoms with Crippen molar-refractivity contribution >= 4 is 17.7 Å². The monoisotopic (exact) mass is 395 g/mol. The van der Waals surface area contributed by atoms with Gasteiger partial charge in [-0.2, -0.15) is 13.2 Å². The number of hydrogen-bond donors (Lipinski definition) is 3. The lowest BCUT2D eigenvalue weighted by molar-refractivity contribution is -0.141. The molecule has 0 radical (unpaired) electrons. The topological polar surface area (TPSA) is 91.3 Å². The van der Waals surface area contributed by atoms with Gasteiger partial charge in [-0.3, -0.25) is 4.79 Å². The average Bonchev–Trinajstić information content (AvgIpc) is 2.61. The largest absolute Gasteiger partial charge is 0.481 e. The fourth-order valence-electron chi connectivity index (χ4n) is 2.62. The zero-order valence-corrected chi connectivity index (χ0v) is 15.1. The van der Waals surface area contributed by atoms with E-state index >= 15 is 0 Å². The minimum Gasteiger partial charge on any atom is -0.481 e. The lowest BCUT2D eigenvalue weighted by Crippen LogP contribution is -2.39. The van der Waals surface area contributed by atoms with Crippen LogP contribution in [0.5, 0.6) is 0 Å². The smallest absolute Gasteiger partial charge is 0.433 e. The second kappa shape index (κ2) is 9.20. The van der Waals surface area contributed by atoms with Crippen LogP contribution < -0.4 is 10.6 Å². The summed E-state index contributed by atoms with van der Waals surface area (Å²) in [6.45, 7) is 1.36. The molecule has 150 valence electrons. The van der Waals surface area contributed by atoms with Crippen molar-refractivity contribution in [2.45, 2.75) is 38.4 Å². The summed E-state index contributed by atoms with van der Waals surface area (Å²) in [5.41, 5.74) is 0.0438. The number of hydrogen-bond acceptors (Lipinski definition) is 3. The Morgan fingerprint density at radius 3 is 2.39 bits per heavy atom. The lowest BCUT2D eigenvalue weighted by atomic mass is 10.0. The van der Waals surface area contributed by atoms with Crippen molar-refractivity contribution in [3.8, 4) is 0 Å². The van der Waals surface area contributed by atoms with Gasteiger partial charge in [-0.25, -0.2) is 9.78 Å². The Kier molecular flexibility index (Phi) is 6.97. The SMILES string of the molecule is Cc1nc(C(F)(F)F)ccc1NC(=O)NC(CCC(=O)O)Cc1ccccc1. The van der Waals surface area contributed by atoms with Crippen molar-refractivity contribution < 1.29 is 27.9 Å². The van der Waals surface area contributed by atoms with Gasteiger partial charge >= 0.3 is 18.2 Å². The third-order valence-electron chi connectivity index (χ3n) is 3.99. The quantitative estimate of drug-likeness (QED) is 0.661. The number of urea groups is 1. The average molecular weight is 395 g/mol. The minimum atomic E-state index is -4.57. The fourth-order valence-corrected chi connectivity index (χ4v) is 2.62. The molecule has 0 fully saturated rings. The van der Waals surface area contributed by atoms with Gasteiger partial charge in [0.25, 0.3) is 0 Å². The van der Waals surface area contributed by atoms with E-state index in [1.165, 1.54) is 6.92 Å². The van der Waals surface area contributed by atoms with Crippen molar-refractivity contribution in [3.05, 3.63) is 59.4 Å². The molecular formula is C19H20F3N3O3. The Morgan fingerprint density at radius 2 is 1.82 bits per heavy atom.